The van der Waals surface area contributed by atoms with Crippen LogP contribution in [-0.2, 0) is 21.4 Å². The first-order valence-corrected chi connectivity index (χ1v) is 7.35. The van der Waals surface area contributed by atoms with E-state index in [1.165, 1.54) is 19.2 Å². The van der Waals surface area contributed by atoms with Gasteiger partial charge in [0, 0.05) is 6.42 Å². The van der Waals surface area contributed by atoms with Gasteiger partial charge < -0.3 is 4.74 Å². The zero-order valence-electron chi connectivity index (χ0n) is 13.3. The van der Waals surface area contributed by atoms with E-state index in [1.54, 1.807) is 12.1 Å². The molecule has 0 bridgehead atoms. The number of halogens is 1. The molecule has 0 heterocycles. The van der Waals surface area contributed by atoms with Gasteiger partial charge in [-0.15, -0.1) is 12.3 Å². The molecule has 118 valence electrons. The topological polar surface area (TPSA) is 26.3 Å². The van der Waals surface area contributed by atoms with Gasteiger partial charge in [0.25, 0.3) is 0 Å². The minimum atomic E-state index is -1.02. The standard InChI is InChI=1S/C20H19FO2/c1-4-13-20(19(22)23-3,17-9-11-18(21)12-10-17)14-16-7-5-15(2)6-8-16/h1,5-12H,13-14H2,2-3H3/t20-/m1/s1. The van der Waals surface area contributed by atoms with Gasteiger partial charge in [-0.2, -0.15) is 0 Å². The van der Waals surface area contributed by atoms with Crippen molar-refractivity contribution in [1.29, 1.82) is 0 Å². The highest BCUT2D eigenvalue weighted by molar-refractivity contribution is 5.84. The molecule has 0 saturated carbocycles. The number of carbonyl (C=O) groups is 1. The number of ether oxygens (including phenoxy) is 1. The number of hydrogen-bond acceptors (Lipinski definition) is 2. The third-order valence-corrected chi connectivity index (χ3v) is 4.00. The molecule has 2 aromatic carbocycles. The highest BCUT2D eigenvalue weighted by Gasteiger charge is 2.41. The Hall–Kier alpha value is -2.60. The first kappa shape index (κ1) is 16.8. The number of carbonyl (C=O) groups excluding carboxylic acids is 1. The van der Waals surface area contributed by atoms with Gasteiger partial charge in [0.05, 0.1) is 7.11 Å². The van der Waals surface area contributed by atoms with E-state index in [0.29, 0.717) is 12.0 Å². The van der Waals surface area contributed by atoms with Gasteiger partial charge in [-0.1, -0.05) is 42.0 Å². The van der Waals surface area contributed by atoms with Crippen molar-refractivity contribution in [3.63, 3.8) is 0 Å². The van der Waals surface area contributed by atoms with E-state index in [1.807, 2.05) is 31.2 Å². The van der Waals surface area contributed by atoms with Crippen molar-refractivity contribution in [3.05, 3.63) is 71.0 Å². The van der Waals surface area contributed by atoms with Crippen molar-refractivity contribution in [1.82, 2.24) is 0 Å². The summed E-state index contributed by atoms with van der Waals surface area (Å²) in [6.45, 7) is 2.00. The fourth-order valence-electron chi connectivity index (χ4n) is 2.72. The monoisotopic (exact) mass is 310 g/mol. The molecule has 0 aliphatic rings. The highest BCUT2D eigenvalue weighted by Crippen LogP contribution is 2.34. The second-order valence-electron chi connectivity index (χ2n) is 5.62. The lowest BCUT2D eigenvalue weighted by molar-refractivity contribution is -0.147. The van der Waals surface area contributed by atoms with E-state index < -0.39 is 11.4 Å². The molecule has 0 radical (unpaired) electrons. The van der Waals surface area contributed by atoms with E-state index in [4.69, 9.17) is 11.2 Å². The van der Waals surface area contributed by atoms with Crippen LogP contribution in [-0.4, -0.2) is 13.1 Å². The van der Waals surface area contributed by atoms with Gasteiger partial charge in [0.1, 0.15) is 11.2 Å². The largest absolute Gasteiger partial charge is 0.468 e. The van der Waals surface area contributed by atoms with Crippen molar-refractivity contribution in [3.8, 4) is 12.3 Å². The van der Waals surface area contributed by atoms with Gasteiger partial charge in [-0.25, -0.2) is 4.39 Å². The van der Waals surface area contributed by atoms with E-state index >= 15 is 0 Å². The van der Waals surface area contributed by atoms with Gasteiger partial charge >= 0.3 is 5.97 Å². The quantitative estimate of drug-likeness (QED) is 0.620. The Bertz CT molecular complexity index is 711. The van der Waals surface area contributed by atoms with E-state index in [0.717, 1.165) is 11.1 Å². The van der Waals surface area contributed by atoms with E-state index in [2.05, 4.69) is 5.92 Å². The number of benzene rings is 2. The third kappa shape index (κ3) is 3.60. The molecule has 0 aliphatic carbocycles. The summed E-state index contributed by atoms with van der Waals surface area (Å²) < 4.78 is 18.3. The molecule has 0 fully saturated rings. The lowest BCUT2D eigenvalue weighted by atomic mass is 9.73. The molecule has 23 heavy (non-hydrogen) atoms. The molecule has 0 aliphatic heterocycles. The van der Waals surface area contributed by atoms with Crippen LogP contribution in [0.2, 0.25) is 0 Å². The highest BCUT2D eigenvalue weighted by atomic mass is 19.1. The molecule has 0 saturated heterocycles. The maximum absolute atomic E-state index is 13.3. The summed E-state index contributed by atoms with van der Waals surface area (Å²) in [6, 6.07) is 13.8. The number of aryl methyl sites for hydroxylation is 1. The second kappa shape index (κ2) is 7.11. The first-order valence-electron chi connectivity index (χ1n) is 7.35. The van der Waals surface area contributed by atoms with Crippen LogP contribution in [0.25, 0.3) is 0 Å². The van der Waals surface area contributed by atoms with Crippen molar-refractivity contribution in [2.45, 2.75) is 25.2 Å². The van der Waals surface area contributed by atoms with Gasteiger partial charge in [0.2, 0.25) is 0 Å². The summed E-state index contributed by atoms with van der Waals surface area (Å²) in [7, 11) is 1.34. The third-order valence-electron chi connectivity index (χ3n) is 4.00. The van der Waals surface area contributed by atoms with E-state index in [-0.39, 0.29) is 12.2 Å². The maximum atomic E-state index is 13.3. The molecule has 2 rings (SSSR count). The fourth-order valence-corrected chi connectivity index (χ4v) is 2.72. The normalized spacial score (nSPS) is 13.0. The van der Waals surface area contributed by atoms with Crippen LogP contribution in [0.15, 0.2) is 48.5 Å². The Morgan fingerprint density at radius 2 is 1.78 bits per heavy atom. The molecule has 0 N–H and O–H groups in total. The summed E-state index contributed by atoms with van der Waals surface area (Å²) in [5, 5.41) is 0. The van der Waals surface area contributed by atoms with Crippen LogP contribution < -0.4 is 0 Å². The predicted octanol–water partition coefficient (Wildman–Crippen LogP) is 3.81. The molecular formula is C20H19FO2. The Balaban J connectivity index is 2.52. The predicted molar refractivity (Wildman–Crippen MR) is 88.4 cm³/mol. The van der Waals surface area contributed by atoms with Crippen LogP contribution in [0.3, 0.4) is 0 Å². The van der Waals surface area contributed by atoms with Crippen LogP contribution in [0.1, 0.15) is 23.1 Å². The smallest absolute Gasteiger partial charge is 0.317 e. The van der Waals surface area contributed by atoms with Crippen LogP contribution >= 0.6 is 0 Å². The molecule has 0 amide bonds. The number of methoxy groups -OCH3 is 1. The maximum Gasteiger partial charge on any atom is 0.317 e. The molecule has 0 aromatic heterocycles. The van der Waals surface area contributed by atoms with Crippen molar-refractivity contribution in [2.24, 2.45) is 0 Å². The molecule has 0 spiro atoms. The van der Waals surface area contributed by atoms with Crippen LogP contribution in [0, 0.1) is 25.1 Å². The molecule has 2 aromatic rings. The SMILES string of the molecule is C#CC[C@](Cc1ccc(C)cc1)(C(=O)OC)c1ccc(F)cc1. The van der Waals surface area contributed by atoms with Gasteiger partial charge in [-0.3, -0.25) is 4.79 Å². The van der Waals surface area contributed by atoms with Crippen molar-refractivity contribution < 1.29 is 13.9 Å². The lowest BCUT2D eigenvalue weighted by Crippen LogP contribution is -2.39. The van der Waals surface area contributed by atoms with E-state index in [9.17, 15) is 9.18 Å². The molecule has 0 unspecified atom stereocenters. The zero-order valence-corrected chi connectivity index (χ0v) is 13.3. The van der Waals surface area contributed by atoms with Crippen molar-refractivity contribution in [2.75, 3.05) is 7.11 Å². The Kier molecular flexibility index (Phi) is 5.18. The molecule has 3 heteroatoms. The molecule has 2 nitrogen and oxygen atoms in total. The number of terminal acetylenes is 1. The Morgan fingerprint density at radius 1 is 1.17 bits per heavy atom. The zero-order chi connectivity index (χ0) is 16.9. The Morgan fingerprint density at radius 3 is 2.30 bits per heavy atom. The molecule has 1 atom stereocenters. The summed E-state index contributed by atoms with van der Waals surface area (Å²) >= 11 is 0. The lowest BCUT2D eigenvalue weighted by Gasteiger charge is -2.30. The number of hydrogen-bond donors (Lipinski definition) is 0. The molecular weight excluding hydrogens is 291 g/mol. The van der Waals surface area contributed by atoms with Crippen LogP contribution in [0.5, 0.6) is 0 Å². The first-order chi connectivity index (χ1) is 11.0. The number of rotatable bonds is 5. The fraction of sp³-hybridized carbons (Fsp3) is 0.250. The summed E-state index contributed by atoms with van der Waals surface area (Å²) in [6.07, 6.45) is 6.10. The van der Waals surface area contributed by atoms with Crippen LogP contribution in [0.4, 0.5) is 4.39 Å². The second-order valence-corrected chi connectivity index (χ2v) is 5.62. The van der Waals surface area contributed by atoms with Gasteiger partial charge in [-0.05, 0) is 36.6 Å². The van der Waals surface area contributed by atoms with Crippen molar-refractivity contribution >= 4 is 5.97 Å². The summed E-state index contributed by atoms with van der Waals surface area (Å²) in [5.74, 6) is 1.80. The number of esters is 1. The Labute approximate surface area is 136 Å². The average Bonchev–Trinajstić information content (AvgIpc) is 2.56. The van der Waals surface area contributed by atoms with Gasteiger partial charge in [0.15, 0.2) is 0 Å². The minimum absolute atomic E-state index is 0.180. The summed E-state index contributed by atoms with van der Waals surface area (Å²) in [5.41, 5.74) is 1.74. The average molecular weight is 310 g/mol. The summed E-state index contributed by atoms with van der Waals surface area (Å²) in [4.78, 5) is 12.6. The minimum Gasteiger partial charge on any atom is -0.468 e.